The molecule has 1 amide bonds. The molecule has 0 radical (unpaired) electrons. The van der Waals surface area contributed by atoms with Gasteiger partial charge in [-0.05, 0) is 24.3 Å². The van der Waals surface area contributed by atoms with Crippen molar-refractivity contribution in [2.75, 3.05) is 19.7 Å². The highest BCUT2D eigenvalue weighted by atomic mass is 19.4. The lowest BCUT2D eigenvalue weighted by atomic mass is 10.1. The summed E-state index contributed by atoms with van der Waals surface area (Å²) in [4.78, 5) is 24.2. The quantitative estimate of drug-likeness (QED) is 0.902. The van der Waals surface area contributed by atoms with Gasteiger partial charge in [0.05, 0.1) is 18.7 Å². The van der Waals surface area contributed by atoms with Crippen LogP contribution in [-0.4, -0.2) is 47.7 Å². The highest BCUT2D eigenvalue weighted by Gasteiger charge is 2.32. The zero-order valence-corrected chi connectivity index (χ0v) is 10.8. The van der Waals surface area contributed by atoms with Crippen molar-refractivity contribution >= 4 is 11.9 Å². The molecule has 1 aromatic carbocycles. The van der Waals surface area contributed by atoms with Gasteiger partial charge in [-0.25, -0.2) is 4.79 Å². The number of carbonyl (C=O) groups is 2. The lowest BCUT2D eigenvalue weighted by Crippen LogP contribution is -2.48. The molecule has 1 heterocycles. The summed E-state index contributed by atoms with van der Waals surface area (Å²) < 4.78 is 42.3. The van der Waals surface area contributed by atoms with Crippen LogP contribution in [0.1, 0.15) is 15.9 Å². The van der Waals surface area contributed by atoms with E-state index in [2.05, 4.69) is 0 Å². The number of carboxylic acids is 1. The number of rotatable bonds is 2. The van der Waals surface area contributed by atoms with Gasteiger partial charge < -0.3 is 14.7 Å². The molecule has 0 saturated carbocycles. The first-order chi connectivity index (χ1) is 9.79. The second kappa shape index (κ2) is 5.72. The molecule has 1 N–H and O–H groups in total. The number of amides is 1. The fraction of sp³-hybridized carbons (Fsp3) is 0.385. The average Bonchev–Trinajstić information content (AvgIpc) is 2.46. The minimum absolute atomic E-state index is 0.0728. The van der Waals surface area contributed by atoms with Crippen LogP contribution in [0.3, 0.4) is 0 Å². The standard InChI is InChI=1S/C13H12F3NO4/c14-13(15,16)9-3-1-8(2-4-9)11(18)17-5-6-21-10(7-17)12(19)20/h1-4,10H,5-7H2,(H,19,20). The highest BCUT2D eigenvalue weighted by Crippen LogP contribution is 2.29. The zero-order valence-electron chi connectivity index (χ0n) is 10.8. The van der Waals surface area contributed by atoms with E-state index in [-0.39, 0.29) is 25.3 Å². The maximum absolute atomic E-state index is 12.4. The molecule has 0 spiro atoms. The summed E-state index contributed by atoms with van der Waals surface area (Å²) in [6.45, 7) is 0.141. The number of halogens is 3. The molecule has 1 atom stereocenters. The van der Waals surface area contributed by atoms with Crippen LogP contribution in [0.2, 0.25) is 0 Å². The molecule has 0 bridgehead atoms. The summed E-state index contributed by atoms with van der Waals surface area (Å²) >= 11 is 0. The molecule has 0 aromatic heterocycles. The maximum Gasteiger partial charge on any atom is 0.416 e. The summed E-state index contributed by atoms with van der Waals surface area (Å²) in [5.41, 5.74) is -0.765. The van der Waals surface area contributed by atoms with Crippen molar-refractivity contribution in [3.63, 3.8) is 0 Å². The van der Waals surface area contributed by atoms with Crippen molar-refractivity contribution < 1.29 is 32.6 Å². The SMILES string of the molecule is O=C(O)C1CN(C(=O)c2ccc(C(F)(F)F)cc2)CCO1. The molecule has 1 aliphatic heterocycles. The van der Waals surface area contributed by atoms with E-state index in [1.807, 2.05) is 0 Å². The van der Waals surface area contributed by atoms with Crippen LogP contribution < -0.4 is 0 Å². The minimum Gasteiger partial charge on any atom is -0.479 e. The predicted octanol–water partition coefficient (Wildman–Crippen LogP) is 1.63. The Morgan fingerprint density at radius 2 is 1.86 bits per heavy atom. The van der Waals surface area contributed by atoms with Gasteiger partial charge in [-0.2, -0.15) is 13.2 Å². The number of carboxylic acid groups (broad SMARTS) is 1. The second-order valence-electron chi connectivity index (χ2n) is 4.52. The summed E-state index contributed by atoms with van der Waals surface area (Å²) in [5.74, 6) is -1.70. The molecule has 21 heavy (non-hydrogen) atoms. The Morgan fingerprint density at radius 1 is 1.24 bits per heavy atom. The van der Waals surface area contributed by atoms with Gasteiger partial charge >= 0.3 is 12.1 Å². The summed E-state index contributed by atoms with van der Waals surface area (Å²) in [6, 6.07) is 3.80. The first-order valence-corrected chi connectivity index (χ1v) is 6.10. The summed E-state index contributed by atoms with van der Waals surface area (Å²) in [5, 5.41) is 8.85. The van der Waals surface area contributed by atoms with E-state index < -0.39 is 29.7 Å². The number of carbonyl (C=O) groups excluding carboxylic acids is 1. The Bertz CT molecular complexity index is 541. The minimum atomic E-state index is -4.46. The van der Waals surface area contributed by atoms with Crippen molar-refractivity contribution in [3.05, 3.63) is 35.4 Å². The van der Waals surface area contributed by atoms with E-state index in [0.717, 1.165) is 24.3 Å². The third-order valence-electron chi connectivity index (χ3n) is 3.09. The fourth-order valence-corrected chi connectivity index (χ4v) is 1.97. The topological polar surface area (TPSA) is 66.8 Å². The molecule has 0 aliphatic carbocycles. The van der Waals surface area contributed by atoms with Gasteiger partial charge in [-0.3, -0.25) is 4.79 Å². The van der Waals surface area contributed by atoms with Gasteiger partial charge in [0, 0.05) is 12.1 Å². The third kappa shape index (κ3) is 3.52. The van der Waals surface area contributed by atoms with Gasteiger partial charge in [0.15, 0.2) is 6.10 Å². The van der Waals surface area contributed by atoms with Crippen LogP contribution in [0.4, 0.5) is 13.2 Å². The Hall–Kier alpha value is -2.09. The predicted molar refractivity (Wildman–Crippen MR) is 64.7 cm³/mol. The largest absolute Gasteiger partial charge is 0.479 e. The molecule has 1 unspecified atom stereocenters. The zero-order chi connectivity index (χ0) is 15.6. The second-order valence-corrected chi connectivity index (χ2v) is 4.52. The average molecular weight is 303 g/mol. The van der Waals surface area contributed by atoms with Crippen molar-refractivity contribution in [2.45, 2.75) is 12.3 Å². The number of benzene rings is 1. The fourth-order valence-electron chi connectivity index (χ4n) is 1.97. The highest BCUT2D eigenvalue weighted by molar-refractivity contribution is 5.94. The van der Waals surface area contributed by atoms with Crippen molar-refractivity contribution in [3.8, 4) is 0 Å². The van der Waals surface area contributed by atoms with Gasteiger partial charge in [-0.1, -0.05) is 0 Å². The van der Waals surface area contributed by atoms with Gasteiger partial charge in [0.1, 0.15) is 0 Å². The van der Waals surface area contributed by atoms with Crippen LogP contribution in [0.15, 0.2) is 24.3 Å². The number of aliphatic carboxylic acids is 1. The number of ether oxygens (including phenoxy) is 1. The van der Waals surface area contributed by atoms with Crippen molar-refractivity contribution in [1.82, 2.24) is 4.90 Å². The number of nitrogens with zero attached hydrogens (tertiary/aromatic N) is 1. The Morgan fingerprint density at radius 3 is 2.38 bits per heavy atom. The number of hydrogen-bond acceptors (Lipinski definition) is 3. The van der Waals surface area contributed by atoms with Crippen LogP contribution in [-0.2, 0) is 15.7 Å². The molecule has 1 aromatic rings. The van der Waals surface area contributed by atoms with E-state index in [1.54, 1.807) is 0 Å². The first-order valence-electron chi connectivity index (χ1n) is 6.10. The van der Waals surface area contributed by atoms with E-state index in [9.17, 15) is 22.8 Å². The maximum atomic E-state index is 12.4. The molecule has 1 fully saturated rings. The third-order valence-corrected chi connectivity index (χ3v) is 3.09. The number of hydrogen-bond donors (Lipinski definition) is 1. The number of alkyl halides is 3. The molecule has 114 valence electrons. The van der Waals surface area contributed by atoms with Crippen molar-refractivity contribution in [2.24, 2.45) is 0 Å². The first kappa shape index (κ1) is 15.3. The lowest BCUT2D eigenvalue weighted by molar-refractivity contribution is -0.154. The van der Waals surface area contributed by atoms with Crippen molar-refractivity contribution in [1.29, 1.82) is 0 Å². The van der Waals surface area contributed by atoms with Gasteiger partial charge in [-0.15, -0.1) is 0 Å². The van der Waals surface area contributed by atoms with Gasteiger partial charge in [0.25, 0.3) is 5.91 Å². The molecule has 1 saturated heterocycles. The lowest BCUT2D eigenvalue weighted by Gasteiger charge is -2.30. The molecule has 1 aliphatic rings. The summed E-state index contributed by atoms with van der Waals surface area (Å²) in [7, 11) is 0. The van der Waals surface area contributed by atoms with Crippen LogP contribution in [0.5, 0.6) is 0 Å². The molecular formula is C13H12F3NO4. The molecule has 8 heteroatoms. The summed E-state index contributed by atoms with van der Waals surface area (Å²) in [6.07, 6.45) is -5.58. The van der Waals surface area contributed by atoms with Gasteiger partial charge in [0.2, 0.25) is 0 Å². The van der Waals surface area contributed by atoms with E-state index in [1.165, 1.54) is 4.90 Å². The van der Waals surface area contributed by atoms with E-state index in [4.69, 9.17) is 9.84 Å². The molecular weight excluding hydrogens is 291 g/mol. The smallest absolute Gasteiger partial charge is 0.416 e. The Kier molecular flexibility index (Phi) is 4.17. The van der Waals surface area contributed by atoms with Crippen LogP contribution >= 0.6 is 0 Å². The van der Waals surface area contributed by atoms with Crippen LogP contribution in [0.25, 0.3) is 0 Å². The van der Waals surface area contributed by atoms with E-state index in [0.29, 0.717) is 0 Å². The molecule has 2 rings (SSSR count). The van der Waals surface area contributed by atoms with Crippen LogP contribution in [0, 0.1) is 0 Å². The van der Waals surface area contributed by atoms with E-state index >= 15 is 0 Å². The monoisotopic (exact) mass is 303 g/mol. The Labute approximate surface area is 117 Å². The molecule has 5 nitrogen and oxygen atoms in total. The normalized spacial score (nSPS) is 19.4. The number of morpholine rings is 1. The Balaban J connectivity index is 2.11.